The molecule has 0 bridgehead atoms. The molecule has 22 heavy (non-hydrogen) atoms. The maximum Gasteiger partial charge on any atom is 0.225 e. The van der Waals surface area contributed by atoms with Gasteiger partial charge in [0.2, 0.25) is 5.95 Å². The van der Waals surface area contributed by atoms with Crippen molar-refractivity contribution in [2.75, 3.05) is 57.4 Å². The van der Waals surface area contributed by atoms with Crippen molar-refractivity contribution in [1.82, 2.24) is 14.9 Å². The molecule has 0 aromatic carbocycles. The van der Waals surface area contributed by atoms with Gasteiger partial charge in [0.25, 0.3) is 0 Å². The monoisotopic (exact) mass is 307 g/mol. The van der Waals surface area contributed by atoms with Crippen LogP contribution in [-0.4, -0.2) is 67.4 Å². The third-order valence-corrected chi connectivity index (χ3v) is 4.01. The molecule has 1 fully saturated rings. The average molecular weight is 307 g/mol. The fraction of sp³-hybridized carbons (Fsp3) is 0.750. The molecule has 1 aliphatic heterocycles. The molecule has 0 radical (unpaired) electrons. The lowest BCUT2D eigenvalue weighted by molar-refractivity contribution is 0.125. The highest BCUT2D eigenvalue weighted by molar-refractivity contribution is 5.31. The first-order valence-corrected chi connectivity index (χ1v) is 8.27. The number of nitrogens with zero attached hydrogens (tertiary/aromatic N) is 4. The molecule has 6 heteroatoms. The highest BCUT2D eigenvalue weighted by atomic mass is 16.5. The van der Waals surface area contributed by atoms with Gasteiger partial charge in [0, 0.05) is 58.3 Å². The van der Waals surface area contributed by atoms with Crippen LogP contribution >= 0.6 is 0 Å². The van der Waals surface area contributed by atoms with Crippen LogP contribution in [0.5, 0.6) is 0 Å². The summed E-state index contributed by atoms with van der Waals surface area (Å²) in [5.41, 5.74) is 6.59. The third kappa shape index (κ3) is 5.19. The molecule has 2 N–H and O–H groups in total. The molecule has 6 nitrogen and oxygen atoms in total. The molecular weight excluding hydrogens is 278 g/mol. The van der Waals surface area contributed by atoms with Gasteiger partial charge in [-0.2, -0.15) is 0 Å². The Hall–Kier alpha value is -1.24. The maximum absolute atomic E-state index is 5.41. The van der Waals surface area contributed by atoms with Gasteiger partial charge >= 0.3 is 0 Å². The van der Waals surface area contributed by atoms with Gasteiger partial charge in [-0.3, -0.25) is 4.90 Å². The molecule has 0 amide bonds. The first-order chi connectivity index (χ1) is 10.7. The Kier molecular flexibility index (Phi) is 7.02. The SMILES string of the molecule is CC(C)c1cnc(N2CCN(CCCOCCN)CC2)nc1. The Morgan fingerprint density at radius 1 is 1.14 bits per heavy atom. The van der Waals surface area contributed by atoms with Gasteiger partial charge in [-0.15, -0.1) is 0 Å². The van der Waals surface area contributed by atoms with Crippen LogP contribution in [0.4, 0.5) is 5.95 Å². The van der Waals surface area contributed by atoms with E-state index in [4.69, 9.17) is 10.5 Å². The molecule has 1 aromatic heterocycles. The van der Waals surface area contributed by atoms with Crippen LogP contribution in [-0.2, 0) is 4.74 Å². The van der Waals surface area contributed by atoms with Crippen LogP contribution in [0.3, 0.4) is 0 Å². The molecule has 1 aliphatic rings. The van der Waals surface area contributed by atoms with Crippen molar-refractivity contribution in [1.29, 1.82) is 0 Å². The summed E-state index contributed by atoms with van der Waals surface area (Å²) in [4.78, 5) is 13.8. The normalized spacial score (nSPS) is 16.5. The Morgan fingerprint density at radius 3 is 2.41 bits per heavy atom. The fourth-order valence-corrected chi connectivity index (χ4v) is 2.54. The third-order valence-electron chi connectivity index (χ3n) is 4.01. The van der Waals surface area contributed by atoms with Crippen LogP contribution in [0.15, 0.2) is 12.4 Å². The summed E-state index contributed by atoms with van der Waals surface area (Å²) >= 11 is 0. The number of anilines is 1. The molecule has 124 valence electrons. The zero-order chi connectivity index (χ0) is 15.8. The Morgan fingerprint density at radius 2 is 1.82 bits per heavy atom. The smallest absolute Gasteiger partial charge is 0.225 e. The predicted molar refractivity (Wildman–Crippen MR) is 89.3 cm³/mol. The summed E-state index contributed by atoms with van der Waals surface area (Å²) in [6, 6.07) is 0. The van der Waals surface area contributed by atoms with Crippen molar-refractivity contribution in [2.24, 2.45) is 5.73 Å². The molecule has 0 spiro atoms. The van der Waals surface area contributed by atoms with E-state index >= 15 is 0 Å². The van der Waals surface area contributed by atoms with Crippen LogP contribution in [0.25, 0.3) is 0 Å². The van der Waals surface area contributed by atoms with Crippen LogP contribution in [0.1, 0.15) is 31.7 Å². The number of aromatic nitrogens is 2. The van der Waals surface area contributed by atoms with Gasteiger partial charge in [-0.05, 0) is 17.9 Å². The summed E-state index contributed by atoms with van der Waals surface area (Å²) in [5.74, 6) is 1.34. The Balaban J connectivity index is 1.70. The molecule has 2 heterocycles. The van der Waals surface area contributed by atoms with Crippen molar-refractivity contribution in [3.8, 4) is 0 Å². The van der Waals surface area contributed by atoms with E-state index in [9.17, 15) is 0 Å². The number of piperazine rings is 1. The van der Waals surface area contributed by atoms with Gasteiger partial charge in [-0.1, -0.05) is 13.8 Å². The summed E-state index contributed by atoms with van der Waals surface area (Å²) in [7, 11) is 0. The van der Waals surface area contributed by atoms with E-state index in [-0.39, 0.29) is 0 Å². The predicted octanol–water partition coefficient (Wildman–Crippen LogP) is 1.09. The quantitative estimate of drug-likeness (QED) is 0.725. The maximum atomic E-state index is 5.41. The molecular formula is C16H29N5O. The zero-order valence-electron chi connectivity index (χ0n) is 13.9. The van der Waals surface area contributed by atoms with Crippen molar-refractivity contribution >= 4 is 5.95 Å². The Labute approximate surface area is 133 Å². The van der Waals surface area contributed by atoms with E-state index in [0.717, 1.165) is 51.7 Å². The van der Waals surface area contributed by atoms with Crippen LogP contribution in [0, 0.1) is 0 Å². The van der Waals surface area contributed by atoms with E-state index in [2.05, 4.69) is 33.6 Å². The lowest BCUT2D eigenvalue weighted by atomic mass is 10.1. The summed E-state index contributed by atoms with van der Waals surface area (Å²) in [5, 5.41) is 0. The van der Waals surface area contributed by atoms with Gasteiger partial charge < -0.3 is 15.4 Å². The molecule has 1 saturated heterocycles. The fourth-order valence-electron chi connectivity index (χ4n) is 2.54. The second-order valence-corrected chi connectivity index (χ2v) is 6.05. The minimum atomic E-state index is 0.479. The molecule has 0 saturated carbocycles. The summed E-state index contributed by atoms with van der Waals surface area (Å²) < 4.78 is 5.41. The van der Waals surface area contributed by atoms with E-state index in [0.29, 0.717) is 19.1 Å². The van der Waals surface area contributed by atoms with Crippen molar-refractivity contribution in [3.63, 3.8) is 0 Å². The standard InChI is InChI=1S/C16H29N5O/c1-14(2)15-12-18-16(19-13-15)21-8-6-20(7-9-21)5-3-10-22-11-4-17/h12-14H,3-11,17H2,1-2H3. The number of hydrogen-bond donors (Lipinski definition) is 1. The zero-order valence-corrected chi connectivity index (χ0v) is 13.9. The van der Waals surface area contributed by atoms with Crippen molar-refractivity contribution < 1.29 is 4.74 Å². The van der Waals surface area contributed by atoms with Crippen molar-refractivity contribution in [2.45, 2.75) is 26.2 Å². The lowest BCUT2D eigenvalue weighted by Gasteiger charge is -2.34. The Bertz CT molecular complexity index is 415. The van der Waals surface area contributed by atoms with E-state index < -0.39 is 0 Å². The topological polar surface area (TPSA) is 67.5 Å². The second kappa shape index (κ2) is 9.02. The number of rotatable bonds is 8. The largest absolute Gasteiger partial charge is 0.380 e. The molecule has 0 unspecified atom stereocenters. The summed E-state index contributed by atoms with van der Waals surface area (Å²) in [6.45, 7) is 11.6. The number of nitrogens with two attached hydrogens (primary N) is 1. The van der Waals surface area contributed by atoms with E-state index in [1.807, 2.05) is 12.4 Å². The van der Waals surface area contributed by atoms with Crippen LogP contribution < -0.4 is 10.6 Å². The van der Waals surface area contributed by atoms with Gasteiger partial charge in [0.05, 0.1) is 6.61 Å². The summed E-state index contributed by atoms with van der Waals surface area (Å²) in [6.07, 6.45) is 4.97. The highest BCUT2D eigenvalue weighted by Gasteiger charge is 2.18. The first-order valence-electron chi connectivity index (χ1n) is 8.27. The lowest BCUT2D eigenvalue weighted by Crippen LogP contribution is -2.47. The second-order valence-electron chi connectivity index (χ2n) is 6.05. The van der Waals surface area contributed by atoms with Crippen molar-refractivity contribution in [3.05, 3.63) is 18.0 Å². The average Bonchev–Trinajstić information content (AvgIpc) is 2.55. The number of hydrogen-bond acceptors (Lipinski definition) is 6. The van der Waals surface area contributed by atoms with Gasteiger partial charge in [0.1, 0.15) is 0 Å². The number of ether oxygens (including phenoxy) is 1. The molecule has 0 atom stereocenters. The molecule has 0 aliphatic carbocycles. The highest BCUT2D eigenvalue weighted by Crippen LogP contribution is 2.15. The van der Waals surface area contributed by atoms with Gasteiger partial charge in [0.15, 0.2) is 0 Å². The molecule has 2 rings (SSSR count). The van der Waals surface area contributed by atoms with Gasteiger partial charge in [-0.25, -0.2) is 9.97 Å². The van der Waals surface area contributed by atoms with Crippen LogP contribution in [0.2, 0.25) is 0 Å². The minimum absolute atomic E-state index is 0.479. The van der Waals surface area contributed by atoms with E-state index in [1.54, 1.807) is 0 Å². The molecule has 1 aromatic rings. The van der Waals surface area contributed by atoms with E-state index in [1.165, 1.54) is 5.56 Å². The minimum Gasteiger partial charge on any atom is -0.380 e. The first kappa shape index (κ1) is 17.1.